The molecular weight excluding hydrogens is 555 g/mol. The van der Waals surface area contributed by atoms with Gasteiger partial charge in [-0.3, -0.25) is 14.4 Å². The summed E-state index contributed by atoms with van der Waals surface area (Å²) < 4.78 is 39.6. The molecule has 1 heterocycles. The average Bonchev–Trinajstić information content (AvgIpc) is 3.28. The molecule has 3 N–H and O–H groups in total. The van der Waals surface area contributed by atoms with E-state index in [4.69, 9.17) is 10.1 Å². The van der Waals surface area contributed by atoms with Crippen LogP contribution in [0.3, 0.4) is 0 Å². The Kier molecular flexibility index (Phi) is 9.16. The number of halogens is 3. The Morgan fingerprint density at radius 2 is 1.71 bits per heavy atom. The van der Waals surface area contributed by atoms with E-state index < -0.39 is 35.4 Å². The first kappa shape index (κ1) is 31.0. The van der Waals surface area contributed by atoms with Gasteiger partial charge in [0.1, 0.15) is 6.04 Å². The number of nitrogens with zero attached hydrogens (tertiary/aromatic N) is 1. The third-order valence-electron chi connectivity index (χ3n) is 8.08. The lowest BCUT2D eigenvalue weighted by Crippen LogP contribution is -2.46. The summed E-state index contributed by atoms with van der Waals surface area (Å²) in [5.41, 5.74) is 1.86. The number of hydrogen-bond acceptors (Lipinski definition) is 5. The molecule has 2 amide bonds. The molecule has 0 unspecified atom stereocenters. The summed E-state index contributed by atoms with van der Waals surface area (Å²) in [7, 11) is 0. The van der Waals surface area contributed by atoms with Gasteiger partial charge in [-0.1, -0.05) is 52.9 Å². The third-order valence-corrected chi connectivity index (χ3v) is 9.23. The number of thiazole rings is 1. The fourth-order valence-corrected chi connectivity index (χ4v) is 6.33. The van der Waals surface area contributed by atoms with Gasteiger partial charge in [0, 0.05) is 11.6 Å². The Labute approximate surface area is 242 Å². The molecule has 2 saturated carbocycles. The highest BCUT2D eigenvalue weighted by Gasteiger charge is 2.38. The number of alkyl halides is 3. The molecule has 1 atom stereocenters. The highest BCUT2D eigenvalue weighted by Crippen LogP contribution is 2.38. The van der Waals surface area contributed by atoms with Crippen LogP contribution in [0, 0.1) is 11.8 Å². The number of hydrogen-bond donors (Lipinski definition) is 3. The van der Waals surface area contributed by atoms with Crippen LogP contribution in [0.15, 0.2) is 18.2 Å². The van der Waals surface area contributed by atoms with E-state index in [0.717, 1.165) is 48.7 Å². The minimum atomic E-state index is -4.57. The van der Waals surface area contributed by atoms with Crippen LogP contribution >= 0.6 is 11.3 Å². The van der Waals surface area contributed by atoms with E-state index in [0.29, 0.717) is 30.7 Å². The Bertz CT molecular complexity index is 1290. The van der Waals surface area contributed by atoms with Gasteiger partial charge in [-0.25, -0.2) is 4.98 Å². The lowest BCUT2D eigenvalue weighted by Gasteiger charge is -2.32. The van der Waals surface area contributed by atoms with E-state index in [1.807, 2.05) is 26.8 Å². The topological polar surface area (TPSA) is 108 Å². The monoisotopic (exact) mass is 593 g/mol. The van der Waals surface area contributed by atoms with E-state index in [9.17, 15) is 27.6 Å². The minimum Gasteiger partial charge on any atom is -0.481 e. The number of carboxylic acid groups (broad SMARTS) is 1. The molecule has 1 aromatic heterocycles. The number of carbonyl (C=O) groups excluding carboxylic acids is 2. The maximum atomic E-state index is 13.2. The van der Waals surface area contributed by atoms with Crippen molar-refractivity contribution in [1.82, 2.24) is 15.6 Å². The summed E-state index contributed by atoms with van der Waals surface area (Å²) in [5.74, 6) is -2.12. The van der Waals surface area contributed by atoms with Crippen molar-refractivity contribution in [3.8, 4) is 10.4 Å². The fraction of sp³-hybridized carbons (Fsp3) is 0.600. The summed E-state index contributed by atoms with van der Waals surface area (Å²) >= 11 is 1.20. The van der Waals surface area contributed by atoms with Crippen molar-refractivity contribution in [3.05, 3.63) is 40.0 Å². The second kappa shape index (κ2) is 12.1. The van der Waals surface area contributed by atoms with Gasteiger partial charge in [-0.15, -0.1) is 11.3 Å². The first-order chi connectivity index (χ1) is 19.1. The zero-order valence-corrected chi connectivity index (χ0v) is 24.7. The first-order valence-electron chi connectivity index (χ1n) is 14.2. The number of benzene rings is 1. The molecule has 11 heteroatoms. The van der Waals surface area contributed by atoms with E-state index in [-0.39, 0.29) is 22.5 Å². The van der Waals surface area contributed by atoms with Crippen LogP contribution in [0.5, 0.6) is 0 Å². The molecule has 2 fully saturated rings. The van der Waals surface area contributed by atoms with Crippen LogP contribution in [-0.4, -0.2) is 46.1 Å². The van der Waals surface area contributed by atoms with Crippen molar-refractivity contribution >= 4 is 29.1 Å². The van der Waals surface area contributed by atoms with Crippen LogP contribution in [0.2, 0.25) is 0 Å². The average molecular weight is 594 g/mol. The highest BCUT2D eigenvalue weighted by atomic mass is 32.1. The fourth-order valence-electron chi connectivity index (χ4n) is 5.35. The third kappa shape index (κ3) is 7.67. The molecule has 41 heavy (non-hydrogen) atoms. The molecule has 1 aromatic carbocycles. The SMILES string of the molecule is C[C@H](NC(=O)c1cc(-c2sc(C(=O)N[C@H]3C[C@H](C(=O)O)C3)nc2CC2CCCCC2)cc(C(C)(C)C)c1)C(F)(F)F. The standard InChI is InChI=1S/C30H38F3N3O4S/c1-16(30(31,32)33)34-25(37)19-11-18(12-21(13-19)29(2,3)4)24-23(10-17-8-6-5-7-9-17)36-27(41-24)26(38)35-22-14-20(15-22)28(39)40/h11-13,16-17,20,22H,5-10,14-15H2,1-4H3,(H,34,37)(H,35,38)(H,39,40)/t16-,20-,22-/m0/s1. The molecule has 0 spiro atoms. The molecule has 0 bridgehead atoms. The zero-order valence-electron chi connectivity index (χ0n) is 23.9. The molecule has 4 rings (SSSR count). The maximum Gasteiger partial charge on any atom is 0.408 e. The predicted octanol–water partition coefficient (Wildman–Crippen LogP) is 6.50. The summed E-state index contributed by atoms with van der Waals surface area (Å²) in [4.78, 5) is 42.7. The molecule has 2 aromatic rings. The van der Waals surface area contributed by atoms with Crippen molar-refractivity contribution in [2.75, 3.05) is 0 Å². The smallest absolute Gasteiger partial charge is 0.408 e. The van der Waals surface area contributed by atoms with Crippen molar-refractivity contribution in [2.24, 2.45) is 11.8 Å². The number of amides is 2. The summed E-state index contributed by atoms with van der Waals surface area (Å²) in [6.07, 6.45) is 2.40. The van der Waals surface area contributed by atoms with Crippen molar-refractivity contribution in [3.63, 3.8) is 0 Å². The Morgan fingerprint density at radius 3 is 2.29 bits per heavy atom. The van der Waals surface area contributed by atoms with Gasteiger partial charge in [0.25, 0.3) is 11.8 Å². The maximum absolute atomic E-state index is 13.2. The summed E-state index contributed by atoms with van der Waals surface area (Å²) in [5, 5.41) is 14.3. The second-order valence-electron chi connectivity index (χ2n) is 12.5. The quantitative estimate of drug-likeness (QED) is 0.324. The summed E-state index contributed by atoms with van der Waals surface area (Å²) in [6.45, 7) is 6.79. The number of carbonyl (C=O) groups is 3. The van der Waals surface area contributed by atoms with Crippen LogP contribution in [-0.2, 0) is 16.6 Å². The first-order valence-corrected chi connectivity index (χ1v) is 15.0. The van der Waals surface area contributed by atoms with Crippen LogP contribution in [0.4, 0.5) is 13.2 Å². The second-order valence-corrected chi connectivity index (χ2v) is 13.5. The number of rotatable bonds is 8. The largest absolute Gasteiger partial charge is 0.481 e. The van der Waals surface area contributed by atoms with Gasteiger partial charge in [0.15, 0.2) is 5.01 Å². The Hall–Kier alpha value is -2.95. The van der Waals surface area contributed by atoms with Crippen molar-refractivity contribution in [1.29, 1.82) is 0 Å². The van der Waals surface area contributed by atoms with Gasteiger partial charge in [0.2, 0.25) is 0 Å². The van der Waals surface area contributed by atoms with Gasteiger partial charge >= 0.3 is 12.1 Å². The van der Waals surface area contributed by atoms with E-state index in [1.54, 1.807) is 12.1 Å². The highest BCUT2D eigenvalue weighted by molar-refractivity contribution is 7.17. The van der Waals surface area contributed by atoms with Crippen LogP contribution in [0.1, 0.15) is 104 Å². The molecule has 0 radical (unpaired) electrons. The van der Waals surface area contributed by atoms with Crippen LogP contribution < -0.4 is 10.6 Å². The van der Waals surface area contributed by atoms with Gasteiger partial charge < -0.3 is 15.7 Å². The lowest BCUT2D eigenvalue weighted by atomic mass is 9.80. The predicted molar refractivity (Wildman–Crippen MR) is 151 cm³/mol. The normalized spacial score (nSPS) is 20.7. The molecule has 7 nitrogen and oxygen atoms in total. The van der Waals surface area contributed by atoms with Crippen LogP contribution in [0.25, 0.3) is 10.4 Å². The molecule has 0 aliphatic heterocycles. The van der Waals surface area contributed by atoms with Crippen molar-refractivity contribution in [2.45, 2.75) is 103 Å². The number of carboxylic acids is 1. The zero-order chi connectivity index (χ0) is 30.1. The Morgan fingerprint density at radius 1 is 1.05 bits per heavy atom. The molecular formula is C30H38F3N3O4S. The molecule has 2 aliphatic rings. The number of aromatic nitrogens is 1. The van der Waals surface area contributed by atoms with Gasteiger partial charge in [-0.05, 0) is 66.8 Å². The summed E-state index contributed by atoms with van der Waals surface area (Å²) in [6, 6.07) is 2.88. The van der Waals surface area contributed by atoms with E-state index >= 15 is 0 Å². The molecule has 2 aliphatic carbocycles. The minimum absolute atomic E-state index is 0.112. The van der Waals surface area contributed by atoms with E-state index in [1.165, 1.54) is 17.8 Å². The number of aliphatic carboxylic acids is 1. The van der Waals surface area contributed by atoms with Gasteiger partial charge in [-0.2, -0.15) is 13.2 Å². The molecule has 224 valence electrons. The Balaban J connectivity index is 1.70. The van der Waals surface area contributed by atoms with Crippen molar-refractivity contribution < 1.29 is 32.7 Å². The van der Waals surface area contributed by atoms with E-state index in [2.05, 4.69) is 10.6 Å². The molecule has 0 saturated heterocycles. The lowest BCUT2D eigenvalue weighted by molar-refractivity contribution is -0.149. The van der Waals surface area contributed by atoms with Gasteiger partial charge in [0.05, 0.1) is 16.5 Å². The number of nitrogens with one attached hydrogen (secondary N) is 2.